The van der Waals surface area contributed by atoms with E-state index in [0.29, 0.717) is 0 Å². The first-order valence-corrected chi connectivity index (χ1v) is 2.40. The number of hydrogen-bond acceptors (Lipinski definition) is 1. The summed E-state index contributed by atoms with van der Waals surface area (Å²) in [6.45, 7) is 2.78. The number of hydrogen-bond donors (Lipinski definition) is 0. The molecule has 0 rings (SSSR count). The van der Waals surface area contributed by atoms with Gasteiger partial charge in [0, 0.05) is 14.6 Å². The molecule has 0 aliphatic carbocycles. The molecule has 0 heterocycles. The first-order valence-electron chi connectivity index (χ1n) is 5.90. The predicted octanol–water partition coefficient (Wildman–Crippen LogP) is 2.01. The van der Waals surface area contributed by atoms with E-state index in [1.54, 1.807) is 0 Å². The summed E-state index contributed by atoms with van der Waals surface area (Å²) in [5, 5.41) is 0. The first kappa shape index (κ1) is 1.83. The van der Waals surface area contributed by atoms with E-state index in [-0.39, 0.29) is 0 Å². The molecule has 0 aliphatic rings. The zero-order chi connectivity index (χ0) is 12.7. The second-order valence-electron chi connectivity index (χ2n) is 1.65. The van der Waals surface area contributed by atoms with Gasteiger partial charge >= 0.3 is 0 Å². The van der Waals surface area contributed by atoms with Crippen molar-refractivity contribution in [3.8, 4) is 0 Å². The van der Waals surface area contributed by atoms with Crippen LogP contribution in [0.3, 0.4) is 0 Å². The topological polar surface area (TPSA) is 17.1 Å². The van der Waals surface area contributed by atoms with Gasteiger partial charge in [0.15, 0.2) is 0 Å². The van der Waals surface area contributed by atoms with Crippen LogP contribution < -0.4 is 0 Å². The summed E-state index contributed by atoms with van der Waals surface area (Å²) in [4.78, 5) is 10.7. The van der Waals surface area contributed by atoms with Gasteiger partial charge in [-0.3, -0.25) is 0 Å². The van der Waals surface area contributed by atoms with E-state index in [1.807, 2.05) is 0 Å². The third-order valence-corrected chi connectivity index (χ3v) is 0.474. The Morgan fingerprint density at radius 1 is 1.88 bits per heavy atom. The van der Waals surface area contributed by atoms with E-state index in [2.05, 4.69) is 0 Å². The maximum atomic E-state index is 10.7. The van der Waals surface area contributed by atoms with Crippen LogP contribution in [0.1, 0.15) is 42.6 Å². The molecule has 0 N–H and O–H groups in total. The Morgan fingerprint density at radius 2 is 2.50 bits per heavy atom. The molecule has 0 bridgehead atoms. The highest BCUT2D eigenvalue weighted by Crippen LogP contribution is 2.03. The van der Waals surface area contributed by atoms with Gasteiger partial charge in [-0.25, -0.2) is 0 Å². The molecule has 0 spiro atoms. The van der Waals surface area contributed by atoms with Crippen LogP contribution >= 0.6 is 0 Å². The van der Waals surface area contributed by atoms with Crippen molar-refractivity contribution in [2.45, 2.75) is 33.0 Å². The molecule has 0 saturated heterocycles. The maximum absolute atomic E-state index is 10.7. The van der Waals surface area contributed by atoms with Gasteiger partial charge in [0.1, 0.15) is 7.63 Å². The van der Waals surface area contributed by atoms with Crippen LogP contribution in [0.2, 0.25) is 0 Å². The molecule has 0 radical (unpaired) electrons. The van der Waals surface area contributed by atoms with Crippen molar-refractivity contribution in [2.24, 2.45) is 5.92 Å². The fourth-order valence-corrected chi connectivity index (χ4v) is 0.206. The molecule has 0 atom stereocenters. The van der Waals surface area contributed by atoms with Gasteiger partial charge in [-0.05, 0) is 12.3 Å². The van der Waals surface area contributed by atoms with Gasteiger partial charge in [0.2, 0.25) is 0 Å². The van der Waals surface area contributed by atoms with E-state index in [4.69, 9.17) is 9.60 Å². The lowest BCUT2D eigenvalue weighted by Crippen LogP contribution is -1.86. The normalized spacial score (nSPS) is 28.1. The molecule has 0 fully saturated rings. The SMILES string of the molecule is [2H]C(=O)C([2H])([2H])C([2H])([2H])C([2H])([2H])C(C)C. The minimum absolute atomic E-state index is 0.804. The lowest BCUT2D eigenvalue weighted by Gasteiger charge is -1.98. The van der Waals surface area contributed by atoms with Crippen LogP contribution in [0.4, 0.5) is 0 Å². The van der Waals surface area contributed by atoms with Gasteiger partial charge in [0.05, 0.1) is 0 Å². The van der Waals surface area contributed by atoms with E-state index in [0.717, 1.165) is 0 Å². The second kappa shape index (κ2) is 4.82. The molecule has 0 saturated carbocycles. The summed E-state index contributed by atoms with van der Waals surface area (Å²) < 4.78 is 50.6. The van der Waals surface area contributed by atoms with Crippen LogP contribution in [0, 0.1) is 5.92 Å². The van der Waals surface area contributed by atoms with Crippen molar-refractivity contribution in [3.05, 3.63) is 0 Å². The molecule has 0 aromatic carbocycles. The predicted molar refractivity (Wildman–Crippen MR) is 34.8 cm³/mol. The van der Waals surface area contributed by atoms with Crippen molar-refractivity contribution in [3.63, 3.8) is 0 Å². The number of rotatable bonds is 4. The lowest BCUT2D eigenvalue weighted by molar-refractivity contribution is -0.107. The Balaban J connectivity index is 5.40. The summed E-state index contributed by atoms with van der Waals surface area (Å²) in [7, 11) is 0. The molecule has 8 heavy (non-hydrogen) atoms. The Kier molecular flexibility index (Phi) is 1.10. The standard InChI is InChI=1S/C7H14O/c1-7(2)5-3-4-6-8/h6-7H,3-5H2,1-2H3/i3D2,4D2,5D2,6D. The summed E-state index contributed by atoms with van der Waals surface area (Å²) in [6, 6.07) is 0. The quantitative estimate of drug-likeness (QED) is 0.520. The van der Waals surface area contributed by atoms with Crippen LogP contribution in [0.5, 0.6) is 0 Å². The zero-order valence-electron chi connectivity index (χ0n) is 12.0. The van der Waals surface area contributed by atoms with Crippen molar-refractivity contribution < 1.29 is 14.4 Å². The fraction of sp³-hybridized carbons (Fsp3) is 0.857. The molecule has 0 unspecified atom stereocenters. The number of carbonyl (C=O) groups excluding carboxylic acids is 1. The smallest absolute Gasteiger partial charge is 0.119 e. The van der Waals surface area contributed by atoms with Crippen LogP contribution in [-0.4, -0.2) is 6.26 Å². The molecule has 48 valence electrons. The van der Waals surface area contributed by atoms with E-state index < -0.39 is 31.3 Å². The van der Waals surface area contributed by atoms with Gasteiger partial charge in [0.25, 0.3) is 0 Å². The molecule has 0 aromatic rings. The molecular weight excluding hydrogens is 100 g/mol. The van der Waals surface area contributed by atoms with Crippen LogP contribution in [0.15, 0.2) is 0 Å². The zero-order valence-corrected chi connectivity index (χ0v) is 4.99. The Labute approximate surface area is 60.9 Å². The van der Waals surface area contributed by atoms with Crippen LogP contribution in [0.25, 0.3) is 0 Å². The minimum Gasteiger partial charge on any atom is -0.303 e. The number of carbonyl (C=O) groups is 1. The van der Waals surface area contributed by atoms with Gasteiger partial charge in [-0.2, -0.15) is 0 Å². The summed E-state index contributed by atoms with van der Waals surface area (Å²) in [5.41, 5.74) is 0. The van der Waals surface area contributed by atoms with Crippen molar-refractivity contribution in [2.75, 3.05) is 0 Å². The first-order chi connectivity index (χ1) is 6.39. The van der Waals surface area contributed by atoms with Crippen LogP contribution in [-0.2, 0) is 4.79 Å². The molecular formula is C7H14O. The average Bonchev–Trinajstić information content (AvgIpc) is 2.02. The van der Waals surface area contributed by atoms with Crippen molar-refractivity contribution in [1.29, 1.82) is 0 Å². The highest BCUT2D eigenvalue weighted by atomic mass is 16.1. The molecule has 0 aliphatic heterocycles. The van der Waals surface area contributed by atoms with E-state index in [9.17, 15) is 4.79 Å². The minimum atomic E-state index is -3.15. The summed E-state index contributed by atoms with van der Waals surface area (Å²) in [6.07, 6.45) is -10.5. The number of aldehydes is 1. The molecule has 0 aromatic heterocycles. The molecule has 0 amide bonds. The Morgan fingerprint density at radius 3 is 2.88 bits per heavy atom. The Bertz CT molecular complexity index is 258. The maximum Gasteiger partial charge on any atom is 0.119 e. The van der Waals surface area contributed by atoms with Gasteiger partial charge in [-0.15, -0.1) is 0 Å². The largest absolute Gasteiger partial charge is 0.303 e. The van der Waals surface area contributed by atoms with E-state index in [1.165, 1.54) is 13.8 Å². The highest BCUT2D eigenvalue weighted by molar-refractivity contribution is 5.48. The van der Waals surface area contributed by atoms with Crippen molar-refractivity contribution in [1.82, 2.24) is 0 Å². The van der Waals surface area contributed by atoms with Gasteiger partial charge in [-0.1, -0.05) is 20.2 Å². The average molecular weight is 121 g/mol. The lowest BCUT2D eigenvalue weighted by atomic mass is 10.1. The van der Waals surface area contributed by atoms with E-state index >= 15 is 0 Å². The molecule has 1 nitrogen and oxygen atoms in total. The summed E-state index contributed by atoms with van der Waals surface area (Å²) >= 11 is 0. The fourth-order valence-electron chi connectivity index (χ4n) is 0.206. The third kappa shape index (κ3) is 5.67. The second-order valence-corrected chi connectivity index (χ2v) is 1.65. The van der Waals surface area contributed by atoms with Crippen molar-refractivity contribution >= 4 is 6.26 Å². The monoisotopic (exact) mass is 121 g/mol. The third-order valence-electron chi connectivity index (χ3n) is 0.474. The van der Waals surface area contributed by atoms with Gasteiger partial charge < -0.3 is 4.79 Å². The Hall–Kier alpha value is -0.330. The summed E-state index contributed by atoms with van der Waals surface area (Å²) in [5.74, 6) is -0.804. The molecule has 1 heteroatoms. The highest BCUT2D eigenvalue weighted by Gasteiger charge is 1.90.